The van der Waals surface area contributed by atoms with Crippen molar-refractivity contribution < 1.29 is 9.18 Å². The van der Waals surface area contributed by atoms with Gasteiger partial charge in [0.1, 0.15) is 11.5 Å². The molecular weight excluding hydrogens is 395 g/mol. The van der Waals surface area contributed by atoms with Crippen LogP contribution >= 0.6 is 0 Å². The van der Waals surface area contributed by atoms with Crippen LogP contribution in [0.25, 0.3) is 16.6 Å². The first-order valence-corrected chi connectivity index (χ1v) is 10.2. The highest BCUT2D eigenvalue weighted by Gasteiger charge is 2.29. The lowest BCUT2D eigenvalue weighted by molar-refractivity contribution is 0.191. The molecule has 0 aliphatic carbocycles. The van der Waals surface area contributed by atoms with E-state index in [0.717, 1.165) is 34.4 Å². The quantitative estimate of drug-likeness (QED) is 0.502. The minimum absolute atomic E-state index is 0.0827. The van der Waals surface area contributed by atoms with Crippen LogP contribution in [0.3, 0.4) is 0 Å². The molecule has 0 saturated carbocycles. The average Bonchev–Trinajstić information content (AvgIpc) is 3.20. The van der Waals surface area contributed by atoms with Crippen LogP contribution < -0.4 is 4.90 Å². The van der Waals surface area contributed by atoms with Crippen LogP contribution in [0.15, 0.2) is 61.1 Å². The van der Waals surface area contributed by atoms with Gasteiger partial charge in [-0.2, -0.15) is 5.10 Å². The summed E-state index contributed by atoms with van der Waals surface area (Å²) in [5.74, 6) is -0.350. The smallest absolute Gasteiger partial charge is 0.318 e. The lowest BCUT2D eigenvalue weighted by atomic mass is 10.1. The van der Waals surface area contributed by atoms with Crippen LogP contribution in [0, 0.1) is 12.7 Å². The maximum Gasteiger partial charge on any atom is 0.324 e. The van der Waals surface area contributed by atoms with Gasteiger partial charge < -0.3 is 4.90 Å². The molecule has 31 heavy (non-hydrogen) atoms. The molecule has 0 radical (unpaired) electrons. The Morgan fingerprint density at radius 1 is 1.00 bits per heavy atom. The molecule has 8 heteroatoms. The molecule has 2 amide bonds. The van der Waals surface area contributed by atoms with Crippen molar-refractivity contribution in [1.29, 1.82) is 0 Å². The number of benzene rings is 2. The second-order valence-corrected chi connectivity index (χ2v) is 7.58. The molecule has 3 heterocycles. The molecule has 1 fully saturated rings. The molecule has 0 atom stereocenters. The summed E-state index contributed by atoms with van der Waals surface area (Å²) in [4.78, 5) is 25.5. The van der Waals surface area contributed by atoms with Gasteiger partial charge in [0.25, 0.3) is 0 Å². The van der Waals surface area contributed by atoms with Crippen molar-refractivity contribution in [3.05, 3.63) is 78.3 Å². The summed E-state index contributed by atoms with van der Waals surface area (Å²) in [6.07, 6.45) is 5.92. The van der Waals surface area contributed by atoms with Crippen LogP contribution in [0.2, 0.25) is 0 Å². The summed E-state index contributed by atoms with van der Waals surface area (Å²) >= 11 is 0. The number of fused-ring (bicyclic) bond motifs is 1. The summed E-state index contributed by atoms with van der Waals surface area (Å²) in [7, 11) is 0. The Labute approximate surface area is 178 Å². The monoisotopic (exact) mass is 416 g/mol. The number of nitrogens with zero attached hydrogens (tertiary/aromatic N) is 6. The highest BCUT2D eigenvalue weighted by atomic mass is 19.1. The molecule has 1 aliphatic heterocycles. The van der Waals surface area contributed by atoms with Crippen molar-refractivity contribution >= 4 is 22.6 Å². The number of halogens is 1. The third kappa shape index (κ3) is 3.50. The summed E-state index contributed by atoms with van der Waals surface area (Å²) < 4.78 is 15.9. The zero-order valence-electron chi connectivity index (χ0n) is 17.1. The van der Waals surface area contributed by atoms with E-state index in [2.05, 4.69) is 15.1 Å². The molecule has 1 aliphatic rings. The fraction of sp³-hybridized carbons (Fsp3) is 0.217. The number of anilines is 1. The average molecular weight is 416 g/mol. The molecule has 5 rings (SSSR count). The van der Waals surface area contributed by atoms with Gasteiger partial charge in [-0.1, -0.05) is 18.2 Å². The lowest BCUT2D eigenvalue weighted by Gasteiger charge is -2.35. The Bertz CT molecular complexity index is 1270. The molecule has 4 aromatic rings. The second kappa shape index (κ2) is 7.79. The van der Waals surface area contributed by atoms with E-state index in [0.29, 0.717) is 25.3 Å². The number of aryl methyl sites for hydroxylation is 1. The number of hydrogen-bond donors (Lipinski definition) is 0. The van der Waals surface area contributed by atoms with Gasteiger partial charge >= 0.3 is 6.03 Å². The van der Waals surface area contributed by atoms with Gasteiger partial charge in [0.15, 0.2) is 0 Å². The zero-order chi connectivity index (χ0) is 21.4. The fourth-order valence-corrected chi connectivity index (χ4v) is 4.03. The largest absolute Gasteiger partial charge is 0.324 e. The number of amides is 2. The van der Waals surface area contributed by atoms with Crippen molar-refractivity contribution in [2.75, 3.05) is 18.0 Å². The molecule has 2 aromatic carbocycles. The normalized spacial score (nSPS) is 14.5. The van der Waals surface area contributed by atoms with Gasteiger partial charge in [-0.3, -0.25) is 14.9 Å². The van der Waals surface area contributed by atoms with Crippen LogP contribution in [0.5, 0.6) is 0 Å². The van der Waals surface area contributed by atoms with Crippen LogP contribution in [0.1, 0.15) is 17.8 Å². The first-order chi connectivity index (χ1) is 15.1. The van der Waals surface area contributed by atoms with Crippen molar-refractivity contribution in [3.8, 4) is 5.69 Å². The van der Waals surface area contributed by atoms with Gasteiger partial charge in [-0.05, 0) is 37.6 Å². The van der Waals surface area contributed by atoms with Crippen molar-refractivity contribution in [3.63, 3.8) is 0 Å². The summed E-state index contributed by atoms with van der Waals surface area (Å²) in [6, 6.07) is 12.1. The number of aromatic nitrogens is 4. The topological polar surface area (TPSA) is 67.2 Å². The van der Waals surface area contributed by atoms with E-state index in [1.54, 1.807) is 51.3 Å². The van der Waals surface area contributed by atoms with Gasteiger partial charge in [0.05, 0.1) is 41.5 Å². The van der Waals surface area contributed by atoms with Crippen molar-refractivity contribution in [2.45, 2.75) is 19.9 Å². The highest BCUT2D eigenvalue weighted by Crippen LogP contribution is 2.31. The van der Waals surface area contributed by atoms with Gasteiger partial charge in [-0.15, -0.1) is 0 Å². The molecule has 2 aromatic heterocycles. The maximum atomic E-state index is 14.3. The Morgan fingerprint density at radius 2 is 1.84 bits per heavy atom. The Balaban J connectivity index is 1.49. The summed E-state index contributed by atoms with van der Waals surface area (Å²) in [6.45, 7) is 3.57. The van der Waals surface area contributed by atoms with Crippen molar-refractivity contribution in [1.82, 2.24) is 24.6 Å². The number of carbonyl (C=O) groups is 1. The number of para-hydroxylation sites is 1. The molecule has 156 valence electrons. The highest BCUT2D eigenvalue weighted by molar-refractivity contribution is 6.02. The standard InChI is InChI=1S/C23H21FN6O/c1-16-12-25-13-17(27-16)15-28-10-5-11-29(23(28)31)20-8-4-9-21-18(20)14-26-30(21)22-7-3-2-6-19(22)24/h2-4,6-9,12-14H,5,10-11,15H2,1H3. The van der Waals surface area contributed by atoms with E-state index in [4.69, 9.17) is 0 Å². The van der Waals surface area contributed by atoms with Crippen LogP contribution in [0.4, 0.5) is 14.9 Å². The SMILES string of the molecule is Cc1cncc(CN2CCCN(c3cccc4c3cnn4-c3ccccc3F)C2=O)n1. The first kappa shape index (κ1) is 19.2. The van der Waals surface area contributed by atoms with Crippen LogP contribution in [-0.4, -0.2) is 43.8 Å². The molecule has 0 N–H and O–H groups in total. The minimum Gasteiger partial charge on any atom is -0.318 e. The van der Waals surface area contributed by atoms with Crippen molar-refractivity contribution in [2.24, 2.45) is 0 Å². The fourth-order valence-electron chi connectivity index (χ4n) is 4.03. The number of urea groups is 1. The number of hydrogen-bond acceptors (Lipinski definition) is 4. The molecule has 1 saturated heterocycles. The first-order valence-electron chi connectivity index (χ1n) is 10.2. The van der Waals surface area contributed by atoms with Crippen LogP contribution in [-0.2, 0) is 6.54 Å². The maximum absolute atomic E-state index is 14.3. The summed E-state index contributed by atoms with van der Waals surface area (Å²) in [5.41, 5.74) is 3.48. The van der Waals surface area contributed by atoms with Gasteiger partial charge in [0.2, 0.25) is 0 Å². The predicted molar refractivity (Wildman–Crippen MR) is 116 cm³/mol. The minimum atomic E-state index is -0.350. The molecule has 0 unspecified atom stereocenters. The number of carbonyl (C=O) groups excluding carboxylic acids is 1. The molecular formula is C23H21FN6O. The Kier molecular flexibility index (Phi) is 4.82. The Morgan fingerprint density at radius 3 is 2.68 bits per heavy atom. The third-order valence-electron chi connectivity index (χ3n) is 5.43. The molecule has 7 nitrogen and oxygen atoms in total. The zero-order valence-corrected chi connectivity index (χ0v) is 17.1. The molecule has 0 spiro atoms. The van der Waals surface area contributed by atoms with E-state index >= 15 is 0 Å². The van der Waals surface area contributed by atoms with Gasteiger partial charge in [-0.25, -0.2) is 13.9 Å². The lowest BCUT2D eigenvalue weighted by Crippen LogP contribution is -2.49. The second-order valence-electron chi connectivity index (χ2n) is 7.58. The van der Waals surface area contributed by atoms with E-state index in [9.17, 15) is 9.18 Å². The molecule has 0 bridgehead atoms. The predicted octanol–water partition coefficient (Wildman–Crippen LogP) is 4.10. The van der Waals surface area contributed by atoms with E-state index in [-0.39, 0.29) is 11.8 Å². The Hall–Kier alpha value is -3.81. The van der Waals surface area contributed by atoms with E-state index < -0.39 is 0 Å². The van der Waals surface area contributed by atoms with Gasteiger partial charge in [0, 0.05) is 24.7 Å². The summed E-state index contributed by atoms with van der Waals surface area (Å²) in [5, 5.41) is 5.21. The van der Waals surface area contributed by atoms with E-state index in [1.165, 1.54) is 6.07 Å². The number of rotatable bonds is 4. The third-order valence-corrected chi connectivity index (χ3v) is 5.43. The van der Waals surface area contributed by atoms with E-state index in [1.807, 2.05) is 25.1 Å².